The quantitative estimate of drug-likeness (QED) is 0.876. The van der Waals surface area contributed by atoms with Crippen molar-refractivity contribution < 1.29 is 9.32 Å². The molecule has 0 aliphatic rings. The number of amides is 1. The lowest BCUT2D eigenvalue weighted by Gasteiger charge is -2.47. The lowest BCUT2D eigenvalue weighted by molar-refractivity contribution is 0.0549. The van der Waals surface area contributed by atoms with Gasteiger partial charge in [-0.15, -0.1) is 0 Å². The maximum Gasteiger partial charge on any atom is 0.274 e. The van der Waals surface area contributed by atoms with Crippen LogP contribution in [0.1, 0.15) is 63.4 Å². The zero-order valence-corrected chi connectivity index (χ0v) is 14.6. The number of aryl methyl sites for hydroxylation is 1. The molecule has 21 heavy (non-hydrogen) atoms. The highest BCUT2D eigenvalue weighted by molar-refractivity contribution is 5.94. The zero-order chi connectivity index (χ0) is 16.4. The van der Waals surface area contributed by atoms with Gasteiger partial charge < -0.3 is 9.84 Å². The highest BCUT2D eigenvalue weighted by Crippen LogP contribution is 2.27. The molecule has 0 aromatic carbocycles. The summed E-state index contributed by atoms with van der Waals surface area (Å²) >= 11 is 0. The fourth-order valence-electron chi connectivity index (χ4n) is 2.28. The number of carbonyl (C=O) groups excluding carboxylic acids is 1. The normalized spacial score (nSPS) is 12.8. The number of rotatable bonds is 6. The van der Waals surface area contributed by atoms with E-state index in [1.807, 2.05) is 27.7 Å². The Morgan fingerprint density at radius 3 is 2.29 bits per heavy atom. The minimum absolute atomic E-state index is 0.182. The van der Waals surface area contributed by atoms with Crippen LogP contribution in [0.2, 0.25) is 0 Å². The van der Waals surface area contributed by atoms with E-state index < -0.39 is 5.54 Å². The number of hydrogen-bond acceptors (Lipinski definition) is 4. The Morgan fingerprint density at radius 1 is 1.29 bits per heavy atom. The van der Waals surface area contributed by atoms with Crippen LogP contribution < -0.4 is 5.32 Å². The van der Waals surface area contributed by atoms with Crippen molar-refractivity contribution in [1.29, 1.82) is 0 Å². The van der Waals surface area contributed by atoms with Gasteiger partial charge in [-0.05, 0) is 48.2 Å². The van der Waals surface area contributed by atoms with Gasteiger partial charge in [-0.2, -0.15) is 0 Å². The first-order valence-corrected chi connectivity index (χ1v) is 7.57. The molecule has 5 nitrogen and oxygen atoms in total. The van der Waals surface area contributed by atoms with E-state index in [1.54, 1.807) is 0 Å². The van der Waals surface area contributed by atoms with Gasteiger partial charge >= 0.3 is 0 Å². The lowest BCUT2D eigenvalue weighted by Crippen LogP contribution is -2.64. The third-order valence-corrected chi connectivity index (χ3v) is 4.94. The predicted octanol–water partition coefficient (Wildman–Crippen LogP) is 2.78. The molecule has 0 unspecified atom stereocenters. The lowest BCUT2D eigenvalue weighted by atomic mass is 9.81. The van der Waals surface area contributed by atoms with Crippen molar-refractivity contribution in [3.63, 3.8) is 0 Å². The Morgan fingerprint density at radius 2 is 1.86 bits per heavy atom. The predicted molar refractivity (Wildman–Crippen MR) is 84.5 cm³/mol. The van der Waals surface area contributed by atoms with Crippen molar-refractivity contribution in [2.75, 3.05) is 13.6 Å². The van der Waals surface area contributed by atoms with Gasteiger partial charge in [0.25, 0.3) is 5.91 Å². The summed E-state index contributed by atoms with van der Waals surface area (Å²) in [5.74, 6) is 0.585. The van der Waals surface area contributed by atoms with Gasteiger partial charge in [-0.25, -0.2) is 0 Å². The summed E-state index contributed by atoms with van der Waals surface area (Å²) in [5, 5.41) is 7.02. The van der Waals surface area contributed by atoms with Crippen molar-refractivity contribution in [1.82, 2.24) is 15.4 Å². The fourth-order valence-corrected chi connectivity index (χ4v) is 2.28. The van der Waals surface area contributed by atoms with E-state index in [0.717, 1.165) is 24.3 Å². The van der Waals surface area contributed by atoms with Crippen molar-refractivity contribution in [2.24, 2.45) is 0 Å². The summed E-state index contributed by atoms with van der Waals surface area (Å²) < 4.78 is 5.21. The van der Waals surface area contributed by atoms with E-state index in [-0.39, 0.29) is 11.4 Å². The molecular formula is C16H29N3O2. The average Bonchev–Trinajstić information content (AvgIpc) is 2.77. The van der Waals surface area contributed by atoms with E-state index in [9.17, 15) is 4.79 Å². The molecule has 0 radical (unpaired) electrons. The second-order valence-electron chi connectivity index (χ2n) is 6.59. The highest BCUT2D eigenvalue weighted by Gasteiger charge is 2.41. The molecule has 1 rings (SSSR count). The third-order valence-electron chi connectivity index (χ3n) is 4.94. The Balaban J connectivity index is 2.98. The first kappa shape index (κ1) is 17.7. The number of likely N-dealkylation sites (N-methyl/N-ethyl adjacent to an activating group) is 1. The van der Waals surface area contributed by atoms with E-state index in [4.69, 9.17) is 4.52 Å². The summed E-state index contributed by atoms with van der Waals surface area (Å²) in [6.45, 7) is 15.2. The Kier molecular flexibility index (Phi) is 5.20. The smallest absolute Gasteiger partial charge is 0.274 e. The van der Waals surface area contributed by atoms with E-state index in [1.165, 1.54) is 0 Å². The number of carbonyl (C=O) groups is 1. The molecule has 0 saturated heterocycles. The largest absolute Gasteiger partial charge is 0.360 e. The standard InChI is InChI=1S/C16H29N3O2/c1-9-12-11(3)13(18-21-12)14(20)17-15(4,5)16(6,7)19(8)10-2/h9-10H2,1-8H3,(H,17,20). The van der Waals surface area contributed by atoms with E-state index in [0.29, 0.717) is 5.69 Å². The average molecular weight is 295 g/mol. The molecule has 0 aliphatic heterocycles. The van der Waals surface area contributed by atoms with Crippen LogP contribution in [0, 0.1) is 6.92 Å². The second-order valence-corrected chi connectivity index (χ2v) is 6.59. The molecule has 1 aromatic rings. The van der Waals surface area contributed by atoms with Gasteiger partial charge in [0.2, 0.25) is 0 Å². The van der Waals surface area contributed by atoms with Crippen LogP contribution in [-0.2, 0) is 6.42 Å². The monoisotopic (exact) mass is 295 g/mol. The highest BCUT2D eigenvalue weighted by atomic mass is 16.5. The SMILES string of the molecule is CCc1onc(C(=O)NC(C)(C)C(C)(C)N(C)CC)c1C. The molecule has 0 saturated carbocycles. The van der Waals surface area contributed by atoms with Gasteiger partial charge in [-0.1, -0.05) is 19.0 Å². The van der Waals surface area contributed by atoms with Crippen molar-refractivity contribution >= 4 is 5.91 Å². The van der Waals surface area contributed by atoms with Crippen LogP contribution >= 0.6 is 0 Å². The summed E-state index contributed by atoms with van der Waals surface area (Å²) in [5.41, 5.74) is 0.609. The van der Waals surface area contributed by atoms with Crippen LogP contribution in [0.4, 0.5) is 0 Å². The molecule has 0 aliphatic carbocycles. The van der Waals surface area contributed by atoms with Crippen LogP contribution in [0.3, 0.4) is 0 Å². The topological polar surface area (TPSA) is 58.4 Å². The summed E-state index contributed by atoms with van der Waals surface area (Å²) in [6, 6.07) is 0. The Hall–Kier alpha value is -1.36. The van der Waals surface area contributed by atoms with Crippen molar-refractivity contribution in [3.8, 4) is 0 Å². The van der Waals surface area contributed by atoms with Gasteiger partial charge in [-0.3, -0.25) is 9.69 Å². The van der Waals surface area contributed by atoms with Crippen LogP contribution in [-0.4, -0.2) is 40.6 Å². The first-order chi connectivity index (χ1) is 9.58. The van der Waals surface area contributed by atoms with Crippen molar-refractivity contribution in [2.45, 2.75) is 66.0 Å². The van der Waals surface area contributed by atoms with Crippen LogP contribution in [0.15, 0.2) is 4.52 Å². The Bertz CT molecular complexity index is 504. The molecule has 0 bridgehead atoms. The minimum atomic E-state index is -0.410. The van der Waals surface area contributed by atoms with Crippen LogP contribution in [0.25, 0.3) is 0 Å². The van der Waals surface area contributed by atoms with Gasteiger partial charge in [0, 0.05) is 17.5 Å². The molecule has 0 spiro atoms. The number of aromatic nitrogens is 1. The maximum absolute atomic E-state index is 12.5. The molecule has 1 amide bonds. The first-order valence-electron chi connectivity index (χ1n) is 7.57. The maximum atomic E-state index is 12.5. The third kappa shape index (κ3) is 3.28. The molecule has 1 heterocycles. The van der Waals surface area contributed by atoms with Gasteiger partial charge in [0.1, 0.15) is 5.76 Å². The number of hydrogen-bond donors (Lipinski definition) is 1. The summed E-state index contributed by atoms with van der Waals surface area (Å²) in [7, 11) is 2.06. The number of nitrogens with zero attached hydrogens (tertiary/aromatic N) is 2. The molecule has 5 heteroatoms. The summed E-state index contributed by atoms with van der Waals surface area (Å²) in [6.07, 6.45) is 0.736. The van der Waals surface area contributed by atoms with Crippen LogP contribution in [0.5, 0.6) is 0 Å². The van der Waals surface area contributed by atoms with Crippen molar-refractivity contribution in [3.05, 3.63) is 17.0 Å². The van der Waals surface area contributed by atoms with E-state index >= 15 is 0 Å². The van der Waals surface area contributed by atoms with Gasteiger partial charge in [0.05, 0.1) is 5.54 Å². The molecule has 120 valence electrons. The number of nitrogens with one attached hydrogen (secondary N) is 1. The Labute approximate surface area is 128 Å². The summed E-state index contributed by atoms with van der Waals surface area (Å²) in [4.78, 5) is 14.7. The van der Waals surface area contributed by atoms with Gasteiger partial charge in [0.15, 0.2) is 5.69 Å². The fraction of sp³-hybridized carbons (Fsp3) is 0.750. The molecule has 1 N–H and O–H groups in total. The zero-order valence-electron chi connectivity index (χ0n) is 14.6. The van der Waals surface area contributed by atoms with E-state index in [2.05, 4.69) is 43.2 Å². The molecule has 0 fully saturated rings. The molecule has 1 aromatic heterocycles. The minimum Gasteiger partial charge on any atom is -0.360 e. The molecular weight excluding hydrogens is 266 g/mol. The molecule has 0 atom stereocenters. The second kappa shape index (κ2) is 6.18.